The first-order valence-corrected chi connectivity index (χ1v) is 49.8. The number of ketones is 4. The maximum atomic E-state index is 13.1. The van der Waals surface area contributed by atoms with Crippen molar-refractivity contribution in [2.45, 2.75) is 76.5 Å². The zero-order chi connectivity index (χ0) is 105. The van der Waals surface area contributed by atoms with E-state index in [1.54, 1.807) is 84.3 Å². The number of piperazine rings is 5. The molecule has 1 amide bonds. The van der Waals surface area contributed by atoms with E-state index in [1.165, 1.54) is 48.0 Å². The number of nitrogens with one attached hydrogen (secondary N) is 2. The van der Waals surface area contributed by atoms with Crippen LogP contribution in [-0.2, 0) is 14.2 Å². The zero-order valence-corrected chi connectivity index (χ0v) is 85.6. The van der Waals surface area contributed by atoms with E-state index in [2.05, 4.69) is 137 Å². The van der Waals surface area contributed by atoms with Crippen molar-refractivity contribution in [2.75, 3.05) is 270 Å². The molecule has 40 heteroatoms. The molecule has 2 aliphatic carbocycles. The maximum Gasteiger partial charge on any atom is 0.335 e. The molecule has 7 aliphatic rings. The average molecular weight is 2020 g/mol. The minimum atomic E-state index is -1.13. The number of nitrogens with two attached hydrogens (primary N) is 1. The number of aliphatic hydroxyl groups excluding tert-OH is 2. The summed E-state index contributed by atoms with van der Waals surface area (Å²) in [6.45, 7) is 33.3. The lowest BCUT2D eigenvalue weighted by molar-refractivity contribution is 0.0318. The van der Waals surface area contributed by atoms with Gasteiger partial charge >= 0.3 is 5.97 Å². The van der Waals surface area contributed by atoms with Gasteiger partial charge in [0.25, 0.3) is 5.91 Å². The number of aromatic nitrogens is 2. The third kappa shape index (κ3) is 34.3. The van der Waals surface area contributed by atoms with Crippen molar-refractivity contribution in [1.29, 1.82) is 0 Å². The van der Waals surface area contributed by atoms with Gasteiger partial charge in [0, 0.05) is 257 Å². The molecule has 7 heterocycles. The molecule has 16 rings (SSSR count). The van der Waals surface area contributed by atoms with E-state index >= 15 is 0 Å². The number of ether oxygens (including phenoxy) is 8. The number of methoxy groups -OCH3 is 5. The van der Waals surface area contributed by atoms with Gasteiger partial charge in [-0.05, 0) is 164 Å². The molecule has 5 aliphatic heterocycles. The van der Waals surface area contributed by atoms with Crippen molar-refractivity contribution in [3.05, 3.63) is 283 Å². The fourth-order valence-corrected chi connectivity index (χ4v) is 18.1. The molecule has 5 fully saturated rings. The minimum Gasteiger partial charge on any atom is -0.495 e. The van der Waals surface area contributed by atoms with Gasteiger partial charge in [0.1, 0.15) is 40.6 Å². The highest BCUT2D eigenvalue weighted by Crippen LogP contribution is 2.39. The van der Waals surface area contributed by atoms with Crippen LogP contribution < -0.4 is 64.6 Å². The van der Waals surface area contributed by atoms with Crippen molar-refractivity contribution in [2.24, 2.45) is 21.1 Å². The minimum absolute atomic E-state index is 0.00302. The molecule has 7 N–H and O–H groups in total. The van der Waals surface area contributed by atoms with Crippen molar-refractivity contribution in [3.63, 3.8) is 0 Å². The fraction of sp³-hybridized carbons (Fsp3) is 0.458. The lowest BCUT2D eigenvalue weighted by atomic mass is 9.96. The Morgan fingerprint density at radius 2 is 0.728 bits per heavy atom. The van der Waals surface area contributed by atoms with E-state index < -0.39 is 30.0 Å². The quantitative estimate of drug-likeness (QED) is 0.00906. The van der Waals surface area contributed by atoms with Crippen LogP contribution in [0, 0.1) is 0 Å². The first kappa shape index (κ1) is 115. The van der Waals surface area contributed by atoms with Crippen LogP contribution in [0.1, 0.15) is 119 Å². The fourth-order valence-electron chi connectivity index (χ4n) is 18.1. The Labute approximate surface area is 859 Å². The number of fused-ring (bicyclic) bond motifs is 2. The third-order valence-corrected chi connectivity index (χ3v) is 25.8. The van der Waals surface area contributed by atoms with Gasteiger partial charge in [-0.25, -0.2) is 4.79 Å². The standard InChI is InChI=1S/C31H34N4O5.C16H25N5O2.C16H27N3O2.C15H9NO4.C14H21N5O2.C11H16N2O.C4H9N3O/c1-3-40-23(20-34-13-15-35(16-14-34)26-8-4-5-9-27(26)39-2)19-33-31(38)21-10-11-24-25(17-21)30(37)28(29(24)36)22-7-6-12-32-18-22;1-3-23-14(12-18-19-17)13-20-8-10-21(11-9-20)15-6-4-5-7-16(15)22-2;1-3-21-14(12-17)13-18-8-10-19(11-9-18)15-6-4-5-7-16(15)20-2;17-13-10-4-3-8(15(19)20)6-11(10)14(18)12(13)9-2-1-5-16-7-9;1-21-14-5-3-2-4-13(14)19-8-6-18(7-9-19)11-12(20)10-16-17-15;1-14-11-5-3-2-4-10(11)13-8-6-12-7-9-13;1-2-4(8)3-6-7-5/h4-12,17-18,23,28H,3,13-16,19-20H2,1-2H3,(H,33,38);4-7,14H,3,8-13H2,1-2H3;4-7,14H,3,8-13,17H2,1-2H3;1-7,12H,(H,19,20);2-5,12,20H,6-11H2,1H3;2-5,12H,6-9H2,1H3;4,8H,2-3H2,1H3. The van der Waals surface area contributed by atoms with E-state index in [0.29, 0.717) is 74.6 Å². The molecule has 5 saturated heterocycles. The second-order valence-corrected chi connectivity index (χ2v) is 35.1. The van der Waals surface area contributed by atoms with Gasteiger partial charge in [-0.15, -0.1) is 0 Å². The maximum absolute atomic E-state index is 13.1. The second-order valence-electron chi connectivity index (χ2n) is 35.1. The summed E-state index contributed by atoms with van der Waals surface area (Å²) in [6.07, 6.45) is 5.67. The molecule has 7 atom stereocenters. The van der Waals surface area contributed by atoms with Crippen molar-refractivity contribution >= 4 is 63.4 Å². The Morgan fingerprint density at radius 1 is 0.408 bits per heavy atom. The largest absolute Gasteiger partial charge is 0.495 e. The number of carboxylic acids is 1. The van der Waals surface area contributed by atoms with Gasteiger partial charge in [-0.1, -0.05) is 95.1 Å². The first-order chi connectivity index (χ1) is 71.6. The molecular weight excluding hydrogens is 1880 g/mol. The van der Waals surface area contributed by atoms with Crippen LogP contribution in [0.5, 0.6) is 28.7 Å². The summed E-state index contributed by atoms with van der Waals surface area (Å²) in [5.74, 6) is 0.0729. The number of nitrogens with zero attached hydrogens (tertiary/aromatic N) is 20. The number of Topliss-reactive ketones (excluding diaryl/α,β-unsaturated/α-hetero) is 4. The highest BCUT2D eigenvalue weighted by Gasteiger charge is 2.42. The van der Waals surface area contributed by atoms with Gasteiger partial charge in [0.2, 0.25) is 0 Å². The van der Waals surface area contributed by atoms with Crippen molar-refractivity contribution in [3.8, 4) is 28.7 Å². The molecule has 40 nitrogen and oxygen atoms in total. The Kier molecular flexibility index (Phi) is 48.5. The number of carbonyl (C=O) groups is 6. The molecule has 147 heavy (non-hydrogen) atoms. The number of benzene rings is 7. The molecule has 7 unspecified atom stereocenters. The predicted octanol–water partition coefficient (Wildman–Crippen LogP) is 12.5. The van der Waals surface area contributed by atoms with Gasteiger partial charge < -0.3 is 94.1 Å². The topological polar surface area (TPSA) is 488 Å². The molecule has 0 radical (unpaired) electrons. The van der Waals surface area contributed by atoms with E-state index in [9.17, 15) is 33.9 Å². The van der Waals surface area contributed by atoms with Crippen LogP contribution in [-0.4, -0.2) is 356 Å². The van der Waals surface area contributed by atoms with Crippen LogP contribution in [0.25, 0.3) is 31.3 Å². The number of hydrogen-bond acceptors (Lipinski definition) is 32. The van der Waals surface area contributed by atoms with Crippen LogP contribution in [0.3, 0.4) is 0 Å². The van der Waals surface area contributed by atoms with Gasteiger partial charge in [0.05, 0.1) is 120 Å². The zero-order valence-electron chi connectivity index (χ0n) is 85.6. The lowest BCUT2D eigenvalue weighted by Crippen LogP contribution is -2.50. The van der Waals surface area contributed by atoms with Crippen LogP contribution in [0.2, 0.25) is 0 Å². The van der Waals surface area contributed by atoms with E-state index in [4.69, 9.17) is 70.4 Å². The smallest absolute Gasteiger partial charge is 0.335 e. The monoisotopic (exact) mass is 2020 g/mol. The molecule has 9 aromatic rings. The normalized spacial score (nSPS) is 17.1. The number of aromatic carboxylic acids is 1. The lowest BCUT2D eigenvalue weighted by Gasteiger charge is -2.38. The van der Waals surface area contributed by atoms with E-state index in [0.717, 1.165) is 196 Å². The van der Waals surface area contributed by atoms with Gasteiger partial charge in [-0.3, -0.25) is 53.5 Å². The number of β-amino-alcohol motifs (C(OH)–C–C–N with tert-alkyl or cyclic N) is 1. The van der Waals surface area contributed by atoms with Crippen molar-refractivity contribution in [1.82, 2.24) is 40.2 Å². The van der Waals surface area contributed by atoms with Crippen LogP contribution >= 0.6 is 0 Å². The van der Waals surface area contributed by atoms with Gasteiger partial charge in [0.15, 0.2) is 23.1 Å². The molecule has 2 aromatic heterocycles. The number of anilines is 5. The number of aliphatic hydroxyl groups is 2. The Morgan fingerprint density at radius 3 is 1.07 bits per heavy atom. The Hall–Kier alpha value is -14.1. The van der Waals surface area contributed by atoms with Crippen LogP contribution in [0.4, 0.5) is 28.4 Å². The molecule has 7 aromatic carbocycles. The SMILES string of the molecule is CCC(O)CN=[N+]=[N-].CCOC(CN)CN1CCN(c2ccccc2OC)CC1.CCOC(CN=[N+]=[N-])CN1CCN(c2ccccc2OC)CC1.CCOC(CNC(=O)c1ccc2c(c1)C(=O)C(c1cccnc1)C2=O)CN1CCN(c2ccccc2OC)CC1.COc1ccccc1N1CCN(CC(O)CN=[N+]=[N-])CC1.COc1ccccc1N1CCNCC1.O=C(O)c1ccc2c(c1)C(=O)C(c1cccnc1)C2=O. The number of hydrogen-bond donors (Lipinski definition) is 6. The number of amides is 1. The summed E-state index contributed by atoms with van der Waals surface area (Å²) in [4.78, 5) is 112. The number of pyridine rings is 2. The van der Waals surface area contributed by atoms with E-state index in [-0.39, 0.29) is 82.7 Å². The van der Waals surface area contributed by atoms with E-state index in [1.807, 2.05) is 107 Å². The highest BCUT2D eigenvalue weighted by atomic mass is 16.5. The summed E-state index contributed by atoms with van der Waals surface area (Å²) < 4.78 is 44.4. The summed E-state index contributed by atoms with van der Waals surface area (Å²) in [7, 11) is 8.53. The highest BCUT2D eigenvalue weighted by molar-refractivity contribution is 6.31. The number of para-hydroxylation sites is 10. The summed E-state index contributed by atoms with van der Waals surface area (Å²) in [6, 6.07) is 56.0. The molecule has 0 saturated carbocycles. The molecule has 786 valence electrons. The molecule has 0 spiro atoms. The third-order valence-electron chi connectivity index (χ3n) is 25.8. The summed E-state index contributed by atoms with van der Waals surface area (Å²) >= 11 is 0. The number of carboxylic acid groups (broad SMARTS) is 1. The average Bonchev–Trinajstić information content (AvgIpc) is 1.62. The Balaban J connectivity index is 0.000000183. The Bertz CT molecular complexity index is 5750. The van der Waals surface area contributed by atoms with Gasteiger partial charge in [-0.2, -0.15) is 0 Å². The number of rotatable bonds is 38. The van der Waals surface area contributed by atoms with Crippen molar-refractivity contribution < 1.29 is 82.0 Å². The molecule has 0 bridgehead atoms. The summed E-state index contributed by atoms with van der Waals surface area (Å²) in [5.41, 5.74) is 38.4. The molecular formula is C107H141N23O17. The van der Waals surface area contributed by atoms with Crippen LogP contribution in [0.15, 0.2) is 222 Å². The second kappa shape index (κ2) is 62.1. The predicted molar refractivity (Wildman–Crippen MR) is 568 cm³/mol. The first-order valence-electron chi connectivity index (χ1n) is 49.8. The number of carbonyl (C=O) groups excluding carboxylic acids is 5. The number of azide groups is 3. The summed E-state index contributed by atoms with van der Waals surface area (Å²) in [5, 5.41) is 43.9.